The van der Waals surface area contributed by atoms with Gasteiger partial charge in [-0.25, -0.2) is 9.97 Å². The zero-order valence-corrected chi connectivity index (χ0v) is 15.9. The molecule has 0 aromatic carbocycles. The minimum atomic E-state index is -0.0543. The Morgan fingerprint density at radius 2 is 2.00 bits per heavy atom. The summed E-state index contributed by atoms with van der Waals surface area (Å²) in [5.74, 6) is 2.07. The van der Waals surface area contributed by atoms with Gasteiger partial charge in [-0.1, -0.05) is 0 Å². The Labute approximate surface area is 159 Å². The summed E-state index contributed by atoms with van der Waals surface area (Å²) < 4.78 is 17.6. The first-order valence-corrected chi connectivity index (χ1v) is 9.54. The molecule has 7 nitrogen and oxygen atoms in total. The summed E-state index contributed by atoms with van der Waals surface area (Å²) in [5, 5.41) is 3.59. The zero-order valence-electron chi connectivity index (χ0n) is 15.9. The minimum absolute atomic E-state index is 0.0543. The van der Waals surface area contributed by atoms with Crippen molar-refractivity contribution in [3.63, 3.8) is 0 Å². The molecular formula is C20H26N4O3. The lowest BCUT2D eigenvalue weighted by Gasteiger charge is -2.43. The van der Waals surface area contributed by atoms with Gasteiger partial charge < -0.3 is 19.5 Å². The fourth-order valence-electron chi connectivity index (χ4n) is 3.80. The Kier molecular flexibility index (Phi) is 5.22. The SMILES string of the molecule is Cc1ncccc1Oc1ncnc(N[C@@H]2CCOC3(CCOCC3)C2)c1C. The van der Waals surface area contributed by atoms with Crippen molar-refractivity contribution in [2.45, 2.75) is 51.2 Å². The first-order chi connectivity index (χ1) is 13.2. The highest BCUT2D eigenvalue weighted by molar-refractivity contribution is 5.49. The highest BCUT2D eigenvalue weighted by atomic mass is 16.5. The number of hydrogen-bond donors (Lipinski definition) is 1. The Bertz CT molecular complexity index is 787. The van der Waals surface area contributed by atoms with Crippen LogP contribution in [0.15, 0.2) is 24.7 Å². The van der Waals surface area contributed by atoms with E-state index in [-0.39, 0.29) is 5.60 Å². The van der Waals surface area contributed by atoms with Gasteiger partial charge >= 0.3 is 0 Å². The highest BCUT2D eigenvalue weighted by Crippen LogP contribution is 2.36. The second-order valence-corrected chi connectivity index (χ2v) is 7.32. The Hall–Kier alpha value is -2.25. The minimum Gasteiger partial charge on any atom is -0.437 e. The van der Waals surface area contributed by atoms with Gasteiger partial charge in [-0.2, -0.15) is 0 Å². The molecule has 0 amide bonds. The van der Waals surface area contributed by atoms with Crippen molar-refractivity contribution in [3.8, 4) is 11.6 Å². The fourth-order valence-corrected chi connectivity index (χ4v) is 3.80. The van der Waals surface area contributed by atoms with E-state index in [9.17, 15) is 0 Å². The highest BCUT2D eigenvalue weighted by Gasteiger charge is 2.39. The smallest absolute Gasteiger partial charge is 0.227 e. The van der Waals surface area contributed by atoms with Crippen LogP contribution >= 0.6 is 0 Å². The number of anilines is 1. The van der Waals surface area contributed by atoms with Crippen LogP contribution in [0.4, 0.5) is 5.82 Å². The summed E-state index contributed by atoms with van der Waals surface area (Å²) in [7, 11) is 0. The summed E-state index contributed by atoms with van der Waals surface area (Å²) in [6.45, 7) is 6.22. The van der Waals surface area contributed by atoms with Gasteiger partial charge in [-0.3, -0.25) is 4.98 Å². The molecule has 1 N–H and O–H groups in total. The second kappa shape index (κ2) is 7.78. The van der Waals surface area contributed by atoms with E-state index < -0.39 is 0 Å². The number of nitrogens with one attached hydrogen (secondary N) is 1. The Morgan fingerprint density at radius 3 is 2.81 bits per heavy atom. The normalized spacial score (nSPS) is 21.8. The second-order valence-electron chi connectivity index (χ2n) is 7.32. The van der Waals surface area contributed by atoms with Gasteiger partial charge in [-0.15, -0.1) is 0 Å². The van der Waals surface area contributed by atoms with Crippen molar-refractivity contribution in [2.75, 3.05) is 25.1 Å². The van der Waals surface area contributed by atoms with Crippen LogP contribution in [-0.4, -0.2) is 46.4 Å². The third-order valence-electron chi connectivity index (χ3n) is 5.44. The standard InChI is InChI=1S/C20H26N4O3/c1-14-18(22-13-23-19(14)27-17-4-3-8-21-15(17)2)24-16-5-9-26-20(12-16)6-10-25-11-7-20/h3-4,8,13,16H,5-7,9-12H2,1-2H3,(H,22,23,24)/t16-/m1/s1. The molecule has 1 spiro atoms. The Balaban J connectivity index is 1.48. The summed E-state index contributed by atoms with van der Waals surface area (Å²) in [6.07, 6.45) is 7.14. The number of aromatic nitrogens is 3. The number of nitrogens with zero attached hydrogens (tertiary/aromatic N) is 3. The molecule has 2 aliphatic heterocycles. The van der Waals surface area contributed by atoms with Crippen LogP contribution in [-0.2, 0) is 9.47 Å². The van der Waals surface area contributed by atoms with Crippen LogP contribution in [0.3, 0.4) is 0 Å². The summed E-state index contributed by atoms with van der Waals surface area (Å²) in [4.78, 5) is 13.0. The zero-order chi connectivity index (χ0) is 18.7. The molecule has 0 unspecified atom stereocenters. The van der Waals surface area contributed by atoms with Crippen molar-refractivity contribution < 1.29 is 14.2 Å². The average Bonchev–Trinajstić information content (AvgIpc) is 2.67. The maximum atomic E-state index is 6.14. The molecule has 144 valence electrons. The number of pyridine rings is 1. The molecule has 2 fully saturated rings. The van der Waals surface area contributed by atoms with Crippen molar-refractivity contribution in [1.82, 2.24) is 15.0 Å². The summed E-state index contributed by atoms with van der Waals surface area (Å²) in [5.41, 5.74) is 1.67. The summed E-state index contributed by atoms with van der Waals surface area (Å²) >= 11 is 0. The largest absolute Gasteiger partial charge is 0.437 e. The van der Waals surface area contributed by atoms with Crippen LogP contribution in [0, 0.1) is 13.8 Å². The van der Waals surface area contributed by atoms with Gasteiger partial charge in [0, 0.05) is 32.1 Å². The lowest BCUT2D eigenvalue weighted by molar-refractivity contribution is -0.135. The third kappa shape index (κ3) is 4.04. The molecule has 4 rings (SSSR count). The van der Waals surface area contributed by atoms with E-state index in [0.29, 0.717) is 17.7 Å². The van der Waals surface area contributed by atoms with Gasteiger partial charge in [0.05, 0.1) is 16.9 Å². The predicted molar refractivity (Wildman–Crippen MR) is 101 cm³/mol. The topological polar surface area (TPSA) is 78.4 Å². The predicted octanol–water partition coefficient (Wildman–Crippen LogP) is 3.42. The van der Waals surface area contributed by atoms with Crippen LogP contribution in [0.5, 0.6) is 11.6 Å². The molecule has 2 aromatic rings. The van der Waals surface area contributed by atoms with Crippen molar-refractivity contribution in [3.05, 3.63) is 35.9 Å². The van der Waals surface area contributed by atoms with E-state index in [0.717, 1.165) is 62.6 Å². The molecule has 27 heavy (non-hydrogen) atoms. The van der Waals surface area contributed by atoms with E-state index in [1.165, 1.54) is 0 Å². The van der Waals surface area contributed by atoms with Crippen molar-refractivity contribution >= 4 is 5.82 Å². The first kappa shape index (κ1) is 18.1. The molecule has 7 heteroatoms. The Morgan fingerprint density at radius 1 is 1.15 bits per heavy atom. The molecular weight excluding hydrogens is 344 g/mol. The lowest BCUT2D eigenvalue weighted by atomic mass is 9.84. The van der Waals surface area contributed by atoms with E-state index in [2.05, 4.69) is 20.3 Å². The van der Waals surface area contributed by atoms with Crippen molar-refractivity contribution in [2.24, 2.45) is 0 Å². The third-order valence-corrected chi connectivity index (χ3v) is 5.44. The van der Waals surface area contributed by atoms with Crippen molar-refractivity contribution in [1.29, 1.82) is 0 Å². The van der Waals surface area contributed by atoms with Crippen LogP contribution in [0.2, 0.25) is 0 Å². The molecule has 0 aliphatic carbocycles. The summed E-state index contributed by atoms with van der Waals surface area (Å²) in [6, 6.07) is 4.07. The lowest BCUT2D eigenvalue weighted by Crippen LogP contribution is -2.48. The molecule has 0 saturated carbocycles. The first-order valence-electron chi connectivity index (χ1n) is 9.54. The number of ether oxygens (including phenoxy) is 3. The maximum absolute atomic E-state index is 6.14. The maximum Gasteiger partial charge on any atom is 0.227 e. The quantitative estimate of drug-likeness (QED) is 0.883. The van der Waals surface area contributed by atoms with Gasteiger partial charge in [0.2, 0.25) is 5.88 Å². The fraction of sp³-hybridized carbons (Fsp3) is 0.550. The van der Waals surface area contributed by atoms with Gasteiger partial charge in [0.1, 0.15) is 12.1 Å². The number of hydrogen-bond acceptors (Lipinski definition) is 7. The average molecular weight is 370 g/mol. The monoisotopic (exact) mass is 370 g/mol. The molecule has 4 heterocycles. The van der Waals surface area contributed by atoms with Crippen LogP contribution < -0.4 is 10.1 Å². The number of aryl methyl sites for hydroxylation is 1. The van der Waals surface area contributed by atoms with Gasteiger partial charge in [0.25, 0.3) is 0 Å². The molecule has 2 aliphatic rings. The molecule has 0 bridgehead atoms. The molecule has 1 atom stereocenters. The van der Waals surface area contributed by atoms with E-state index in [4.69, 9.17) is 14.2 Å². The molecule has 0 radical (unpaired) electrons. The van der Waals surface area contributed by atoms with Gasteiger partial charge in [0.15, 0.2) is 5.75 Å². The molecule has 2 saturated heterocycles. The van der Waals surface area contributed by atoms with Crippen LogP contribution in [0.1, 0.15) is 36.9 Å². The molecule has 2 aromatic heterocycles. The number of rotatable bonds is 4. The van der Waals surface area contributed by atoms with Gasteiger partial charge in [-0.05, 0) is 51.7 Å². The van der Waals surface area contributed by atoms with E-state index in [1.807, 2.05) is 26.0 Å². The van der Waals surface area contributed by atoms with E-state index >= 15 is 0 Å². The van der Waals surface area contributed by atoms with E-state index in [1.54, 1.807) is 12.5 Å². The van der Waals surface area contributed by atoms with Crippen LogP contribution in [0.25, 0.3) is 0 Å².